The van der Waals surface area contributed by atoms with E-state index in [1.54, 1.807) is 6.92 Å². The molecule has 2 aromatic rings. The van der Waals surface area contributed by atoms with Crippen molar-refractivity contribution in [3.63, 3.8) is 0 Å². The third-order valence-electron chi connectivity index (χ3n) is 5.71. The summed E-state index contributed by atoms with van der Waals surface area (Å²) >= 11 is 6.49. The maximum absolute atomic E-state index is 12.5. The van der Waals surface area contributed by atoms with E-state index in [9.17, 15) is 15.0 Å². The van der Waals surface area contributed by atoms with Crippen molar-refractivity contribution in [1.29, 1.82) is 0 Å². The molecule has 4 nitrogen and oxygen atoms in total. The van der Waals surface area contributed by atoms with Crippen molar-refractivity contribution in [3.8, 4) is 11.5 Å². The Labute approximate surface area is 191 Å². The largest absolute Gasteiger partial charge is 0.504 e. The molecule has 0 atom stereocenters. The van der Waals surface area contributed by atoms with Gasteiger partial charge in [0, 0.05) is 24.0 Å². The second-order valence-corrected chi connectivity index (χ2v) is 8.66. The number of phenolic OH excluding ortho intramolecular Hbond substituents is 2. The fraction of sp³-hybridized carbons (Fsp3) is 0.500. The molecule has 0 aliphatic rings. The number of hydrogen-bond acceptors (Lipinski definition) is 3. The highest BCUT2D eigenvalue weighted by molar-refractivity contribution is 6.33. The number of anilines is 1. The van der Waals surface area contributed by atoms with Gasteiger partial charge in [0.15, 0.2) is 11.5 Å². The monoisotopic (exact) mass is 445 g/mol. The Bertz CT molecular complexity index is 837. The smallest absolute Gasteiger partial charge is 0.224 e. The fourth-order valence-corrected chi connectivity index (χ4v) is 4.03. The first-order valence-corrected chi connectivity index (χ1v) is 11.9. The molecular formula is C26H36ClNO3. The second-order valence-electron chi connectivity index (χ2n) is 8.28. The molecule has 0 unspecified atom stereocenters. The first-order chi connectivity index (χ1) is 15.0. The van der Waals surface area contributed by atoms with Crippen LogP contribution in [0, 0.1) is 6.92 Å². The molecule has 2 rings (SSSR count). The molecule has 0 fully saturated rings. The summed E-state index contributed by atoms with van der Waals surface area (Å²) in [6, 6.07) is 9.71. The summed E-state index contributed by atoms with van der Waals surface area (Å²) in [4.78, 5) is 12.5. The lowest BCUT2D eigenvalue weighted by Crippen LogP contribution is -2.14. The second kappa shape index (κ2) is 13.3. The van der Waals surface area contributed by atoms with Crippen molar-refractivity contribution < 1.29 is 15.0 Å². The molecule has 2 aromatic carbocycles. The van der Waals surface area contributed by atoms with E-state index in [0.717, 1.165) is 24.8 Å². The number of nitrogens with one attached hydrogen (secondary N) is 1. The molecule has 0 aliphatic heterocycles. The summed E-state index contributed by atoms with van der Waals surface area (Å²) in [6.07, 6.45) is 11.5. The molecule has 31 heavy (non-hydrogen) atoms. The quantitative estimate of drug-likeness (QED) is 0.220. The third-order valence-corrected chi connectivity index (χ3v) is 6.22. The van der Waals surface area contributed by atoms with Gasteiger partial charge in [-0.25, -0.2) is 0 Å². The van der Waals surface area contributed by atoms with Crippen molar-refractivity contribution in [3.05, 3.63) is 52.0 Å². The van der Waals surface area contributed by atoms with Crippen LogP contribution in [0.15, 0.2) is 30.3 Å². The number of benzene rings is 2. The van der Waals surface area contributed by atoms with Crippen molar-refractivity contribution in [1.82, 2.24) is 0 Å². The molecule has 0 aliphatic carbocycles. The van der Waals surface area contributed by atoms with E-state index < -0.39 is 0 Å². The summed E-state index contributed by atoms with van der Waals surface area (Å²) in [7, 11) is 0. The van der Waals surface area contributed by atoms with Gasteiger partial charge in [0.25, 0.3) is 0 Å². The predicted octanol–water partition coefficient (Wildman–Crippen LogP) is 7.51. The molecule has 170 valence electrons. The van der Waals surface area contributed by atoms with E-state index in [2.05, 4.69) is 12.2 Å². The number of aromatic hydroxyl groups is 2. The van der Waals surface area contributed by atoms with Gasteiger partial charge in [-0.15, -0.1) is 0 Å². The lowest BCUT2D eigenvalue weighted by Gasteiger charge is -2.18. The summed E-state index contributed by atoms with van der Waals surface area (Å²) < 4.78 is 0. The number of hydrogen-bond donors (Lipinski definition) is 3. The molecule has 0 spiro atoms. The Kier molecular flexibility index (Phi) is 10.7. The van der Waals surface area contributed by atoms with Gasteiger partial charge >= 0.3 is 0 Å². The van der Waals surface area contributed by atoms with Gasteiger partial charge in [-0.05, 0) is 18.9 Å². The number of unbranched alkanes of at least 4 members (excludes halogenated alkanes) is 8. The summed E-state index contributed by atoms with van der Waals surface area (Å²) in [5.41, 5.74) is 2.23. The van der Waals surface area contributed by atoms with Gasteiger partial charge in [-0.3, -0.25) is 4.79 Å². The normalized spacial score (nSPS) is 10.9. The van der Waals surface area contributed by atoms with Crippen LogP contribution in [0.3, 0.4) is 0 Å². The molecule has 3 N–H and O–H groups in total. The maximum Gasteiger partial charge on any atom is 0.224 e. The zero-order valence-corrected chi connectivity index (χ0v) is 19.6. The Morgan fingerprint density at radius 3 is 2.10 bits per heavy atom. The van der Waals surface area contributed by atoms with Crippen LogP contribution < -0.4 is 5.32 Å². The van der Waals surface area contributed by atoms with Crippen LogP contribution in [0.25, 0.3) is 0 Å². The number of halogens is 1. The number of carbonyl (C=O) groups excluding carboxylic acids is 1. The van der Waals surface area contributed by atoms with Crippen molar-refractivity contribution in [2.75, 3.05) is 5.32 Å². The highest BCUT2D eigenvalue weighted by Gasteiger charge is 2.22. The van der Waals surface area contributed by atoms with E-state index in [1.165, 1.54) is 38.5 Å². The van der Waals surface area contributed by atoms with Crippen molar-refractivity contribution in [2.45, 2.75) is 84.5 Å². The SMILES string of the molecule is CCCCCCCCCCCC(=O)Nc1c(O)c(O)c(C)c(Cl)c1Cc1ccccc1. The van der Waals surface area contributed by atoms with E-state index in [1.807, 2.05) is 30.3 Å². The van der Waals surface area contributed by atoms with Crippen LogP contribution in [0.2, 0.25) is 5.02 Å². The van der Waals surface area contributed by atoms with Crippen LogP contribution in [-0.2, 0) is 11.2 Å². The van der Waals surface area contributed by atoms with Gasteiger partial charge < -0.3 is 15.5 Å². The number of carbonyl (C=O) groups is 1. The number of phenols is 2. The Morgan fingerprint density at radius 2 is 1.48 bits per heavy atom. The molecule has 0 saturated heterocycles. The molecule has 0 saturated carbocycles. The summed E-state index contributed by atoms with van der Waals surface area (Å²) in [5, 5.41) is 23.9. The van der Waals surface area contributed by atoms with Crippen molar-refractivity contribution in [2.24, 2.45) is 0 Å². The topological polar surface area (TPSA) is 69.6 Å². The van der Waals surface area contributed by atoms with E-state index in [-0.39, 0.29) is 23.1 Å². The van der Waals surface area contributed by atoms with Crippen LogP contribution in [0.5, 0.6) is 11.5 Å². The Morgan fingerprint density at radius 1 is 0.903 bits per heavy atom. The van der Waals surface area contributed by atoms with E-state index in [0.29, 0.717) is 29.0 Å². The fourth-order valence-electron chi connectivity index (χ4n) is 3.78. The van der Waals surface area contributed by atoms with Crippen LogP contribution in [-0.4, -0.2) is 16.1 Å². The first kappa shape index (κ1) is 25.1. The predicted molar refractivity (Wildman–Crippen MR) is 129 cm³/mol. The van der Waals surface area contributed by atoms with Gasteiger partial charge in [0.1, 0.15) is 0 Å². The van der Waals surface area contributed by atoms with Gasteiger partial charge in [-0.2, -0.15) is 0 Å². The Balaban J connectivity index is 1.94. The van der Waals surface area contributed by atoms with Gasteiger partial charge in [-0.1, -0.05) is 100 Å². The highest BCUT2D eigenvalue weighted by Crippen LogP contribution is 2.45. The zero-order chi connectivity index (χ0) is 22.6. The molecule has 0 heterocycles. The minimum Gasteiger partial charge on any atom is -0.504 e. The molecule has 5 heteroatoms. The molecule has 0 radical (unpaired) electrons. The summed E-state index contributed by atoms with van der Waals surface area (Å²) in [5.74, 6) is -0.791. The molecular weight excluding hydrogens is 410 g/mol. The maximum atomic E-state index is 12.5. The number of amides is 1. The van der Waals surface area contributed by atoms with Crippen LogP contribution in [0.4, 0.5) is 5.69 Å². The number of rotatable bonds is 13. The minimum atomic E-state index is -0.326. The van der Waals surface area contributed by atoms with Crippen molar-refractivity contribution >= 4 is 23.2 Å². The molecule has 0 bridgehead atoms. The zero-order valence-electron chi connectivity index (χ0n) is 18.8. The molecule has 1 amide bonds. The third kappa shape index (κ3) is 7.77. The van der Waals surface area contributed by atoms with Crippen LogP contribution >= 0.6 is 11.6 Å². The lowest BCUT2D eigenvalue weighted by molar-refractivity contribution is -0.116. The van der Waals surface area contributed by atoms with Gasteiger partial charge in [0.05, 0.1) is 10.7 Å². The molecule has 0 aromatic heterocycles. The van der Waals surface area contributed by atoms with E-state index >= 15 is 0 Å². The highest BCUT2D eigenvalue weighted by atomic mass is 35.5. The summed E-state index contributed by atoms with van der Waals surface area (Å²) in [6.45, 7) is 3.88. The average molecular weight is 446 g/mol. The van der Waals surface area contributed by atoms with Gasteiger partial charge in [0.2, 0.25) is 5.91 Å². The first-order valence-electron chi connectivity index (χ1n) is 11.5. The average Bonchev–Trinajstić information content (AvgIpc) is 2.78. The van der Waals surface area contributed by atoms with E-state index in [4.69, 9.17) is 11.6 Å². The Hall–Kier alpha value is -2.20. The standard InChI is InChI=1S/C26H36ClNO3/c1-3-4-5-6-7-8-9-10-14-17-22(29)28-24-21(18-20-15-12-11-13-16-20)23(27)19(2)25(30)26(24)31/h11-13,15-16,30-31H,3-10,14,17-18H2,1-2H3,(H,28,29). The lowest BCUT2D eigenvalue weighted by atomic mass is 9.99. The van der Waals surface area contributed by atoms with Crippen LogP contribution in [0.1, 0.15) is 87.8 Å². The minimum absolute atomic E-state index is 0.174.